The van der Waals surface area contributed by atoms with Crippen LogP contribution in [-0.4, -0.2) is 9.61 Å². The van der Waals surface area contributed by atoms with Gasteiger partial charge in [-0.1, -0.05) is 109 Å². The van der Waals surface area contributed by atoms with Crippen molar-refractivity contribution in [1.29, 1.82) is 0 Å². The van der Waals surface area contributed by atoms with Crippen molar-refractivity contribution >= 4 is 39.5 Å². The summed E-state index contributed by atoms with van der Waals surface area (Å²) in [7, 11) is -2.97. The number of rotatable bonds is 4. The topological polar surface area (TPSA) is 34.4 Å². The molecule has 0 bridgehead atoms. The standard InChI is InChI=1S/C29H21N2OP/c32-33(24-10-3-1-4-11-24,25-12-5-2-6-13-25)26-18-15-22(16-19-26)27-21-30-31-28-14-8-7-9-23(28)17-20-29(27)31/h1-21H. The second kappa shape index (κ2) is 7.88. The Morgan fingerprint density at radius 1 is 0.545 bits per heavy atom. The molecule has 0 atom stereocenters. The van der Waals surface area contributed by atoms with Gasteiger partial charge in [-0.05, 0) is 17.7 Å². The number of hydrogen-bond donors (Lipinski definition) is 0. The molecule has 2 aromatic heterocycles. The molecule has 3 nitrogen and oxygen atoms in total. The van der Waals surface area contributed by atoms with Crippen molar-refractivity contribution in [3.8, 4) is 11.1 Å². The fraction of sp³-hybridized carbons (Fsp3) is 0. The Morgan fingerprint density at radius 3 is 1.79 bits per heavy atom. The highest BCUT2D eigenvalue weighted by molar-refractivity contribution is 7.85. The quantitative estimate of drug-likeness (QED) is 0.323. The van der Waals surface area contributed by atoms with Crippen molar-refractivity contribution in [3.05, 3.63) is 128 Å². The van der Waals surface area contributed by atoms with Crippen LogP contribution in [0.2, 0.25) is 0 Å². The van der Waals surface area contributed by atoms with Crippen molar-refractivity contribution in [3.63, 3.8) is 0 Å². The minimum absolute atomic E-state index is 0.825. The Labute approximate surface area is 192 Å². The average molecular weight is 444 g/mol. The predicted octanol–water partition coefficient (Wildman–Crippen LogP) is 5.79. The monoisotopic (exact) mass is 444 g/mol. The van der Waals surface area contributed by atoms with Crippen molar-refractivity contribution in [2.45, 2.75) is 0 Å². The zero-order chi connectivity index (χ0) is 22.3. The van der Waals surface area contributed by atoms with Gasteiger partial charge in [0.2, 0.25) is 0 Å². The van der Waals surface area contributed by atoms with E-state index in [0.29, 0.717) is 0 Å². The highest BCUT2D eigenvalue weighted by Gasteiger charge is 2.29. The van der Waals surface area contributed by atoms with Gasteiger partial charge in [-0.25, -0.2) is 4.52 Å². The number of hydrogen-bond acceptors (Lipinski definition) is 2. The molecule has 0 aliphatic rings. The molecule has 0 saturated carbocycles. The first kappa shape index (κ1) is 19.7. The van der Waals surface area contributed by atoms with Crippen LogP contribution in [0.4, 0.5) is 0 Å². The molecular formula is C29H21N2OP. The first-order valence-electron chi connectivity index (χ1n) is 10.9. The fourth-order valence-electron chi connectivity index (χ4n) is 4.50. The van der Waals surface area contributed by atoms with Crippen LogP contribution in [0.5, 0.6) is 0 Å². The first-order valence-corrected chi connectivity index (χ1v) is 12.6. The summed E-state index contributed by atoms with van der Waals surface area (Å²) in [6.07, 6.45) is 1.91. The highest BCUT2D eigenvalue weighted by atomic mass is 31.2. The molecule has 158 valence electrons. The van der Waals surface area contributed by atoms with Crippen molar-refractivity contribution in [2.24, 2.45) is 0 Å². The lowest BCUT2D eigenvalue weighted by Crippen LogP contribution is -2.24. The summed E-state index contributed by atoms with van der Waals surface area (Å²) in [5.74, 6) is 0. The minimum atomic E-state index is -2.97. The van der Waals surface area contributed by atoms with E-state index in [2.05, 4.69) is 41.5 Å². The van der Waals surface area contributed by atoms with E-state index in [9.17, 15) is 4.57 Å². The Hall–Kier alpha value is -3.94. The SMILES string of the molecule is O=P(c1ccccc1)(c1ccccc1)c1ccc(-c2cnn3c2ccc2ccccc23)cc1. The van der Waals surface area contributed by atoms with Gasteiger partial charge in [-0.2, -0.15) is 5.10 Å². The van der Waals surface area contributed by atoms with E-state index in [1.54, 1.807) is 0 Å². The number of nitrogens with zero attached hydrogens (tertiary/aromatic N) is 2. The Balaban J connectivity index is 1.48. The number of pyridine rings is 1. The molecule has 6 rings (SSSR count). The van der Waals surface area contributed by atoms with Gasteiger partial charge in [0.25, 0.3) is 0 Å². The van der Waals surface area contributed by atoms with E-state index in [4.69, 9.17) is 0 Å². The minimum Gasteiger partial charge on any atom is -0.309 e. The third kappa shape index (κ3) is 3.21. The van der Waals surface area contributed by atoms with Crippen LogP contribution in [0.1, 0.15) is 0 Å². The normalized spacial score (nSPS) is 11.8. The first-order chi connectivity index (χ1) is 16.2. The van der Waals surface area contributed by atoms with Crippen LogP contribution in [0.15, 0.2) is 128 Å². The van der Waals surface area contributed by atoms with Crippen LogP contribution < -0.4 is 15.9 Å². The molecule has 2 heterocycles. The number of aromatic nitrogens is 2. The van der Waals surface area contributed by atoms with E-state index >= 15 is 0 Å². The summed E-state index contributed by atoms with van der Waals surface area (Å²) < 4.78 is 16.5. The third-order valence-corrected chi connectivity index (χ3v) is 9.25. The molecule has 4 aromatic carbocycles. The third-order valence-electron chi connectivity index (χ3n) is 6.17. The average Bonchev–Trinajstić information content (AvgIpc) is 3.34. The lowest BCUT2D eigenvalue weighted by atomic mass is 10.1. The Bertz CT molecular complexity index is 1580. The van der Waals surface area contributed by atoms with Crippen LogP contribution in [-0.2, 0) is 4.57 Å². The van der Waals surface area contributed by atoms with E-state index in [0.717, 1.165) is 43.5 Å². The largest absolute Gasteiger partial charge is 0.309 e. The van der Waals surface area contributed by atoms with E-state index in [1.165, 1.54) is 0 Å². The zero-order valence-corrected chi connectivity index (χ0v) is 18.8. The number of fused-ring (bicyclic) bond motifs is 3. The molecule has 0 saturated heterocycles. The van der Waals surface area contributed by atoms with Crippen molar-refractivity contribution in [2.75, 3.05) is 0 Å². The molecule has 0 spiro atoms. The van der Waals surface area contributed by atoms with Gasteiger partial charge in [0, 0.05) is 26.9 Å². The zero-order valence-electron chi connectivity index (χ0n) is 17.9. The van der Waals surface area contributed by atoms with Crippen molar-refractivity contribution in [1.82, 2.24) is 9.61 Å². The molecule has 33 heavy (non-hydrogen) atoms. The Kier molecular flexibility index (Phi) is 4.71. The summed E-state index contributed by atoms with van der Waals surface area (Å²) in [5.41, 5.74) is 4.24. The van der Waals surface area contributed by atoms with Gasteiger partial charge in [0.15, 0.2) is 7.14 Å². The van der Waals surface area contributed by atoms with E-state index < -0.39 is 7.14 Å². The van der Waals surface area contributed by atoms with Gasteiger partial charge < -0.3 is 4.57 Å². The van der Waals surface area contributed by atoms with E-state index in [1.807, 2.05) is 95.6 Å². The summed E-state index contributed by atoms with van der Waals surface area (Å²) >= 11 is 0. The second-order valence-electron chi connectivity index (χ2n) is 8.07. The molecule has 6 aromatic rings. The second-order valence-corrected chi connectivity index (χ2v) is 10.8. The van der Waals surface area contributed by atoms with Gasteiger partial charge in [-0.3, -0.25) is 0 Å². The molecule has 0 radical (unpaired) electrons. The Morgan fingerprint density at radius 2 is 1.12 bits per heavy atom. The summed E-state index contributed by atoms with van der Waals surface area (Å²) in [6.45, 7) is 0. The fourth-order valence-corrected chi connectivity index (χ4v) is 7.14. The molecule has 0 aliphatic carbocycles. The lowest BCUT2D eigenvalue weighted by Gasteiger charge is -2.20. The smallest absolute Gasteiger partial charge is 0.171 e. The van der Waals surface area contributed by atoms with Crippen LogP contribution in [0.25, 0.3) is 27.5 Å². The van der Waals surface area contributed by atoms with Gasteiger partial charge in [0.05, 0.1) is 17.2 Å². The number of benzene rings is 4. The molecule has 0 unspecified atom stereocenters. The molecule has 0 aliphatic heterocycles. The summed E-state index contributed by atoms with van der Waals surface area (Å²) in [6, 6.07) is 40.1. The van der Waals surface area contributed by atoms with E-state index in [-0.39, 0.29) is 0 Å². The number of para-hydroxylation sites is 1. The van der Waals surface area contributed by atoms with Gasteiger partial charge in [0.1, 0.15) is 0 Å². The maximum Gasteiger partial charge on any atom is 0.171 e. The lowest BCUT2D eigenvalue weighted by molar-refractivity contribution is 0.592. The highest BCUT2D eigenvalue weighted by Crippen LogP contribution is 2.42. The molecule has 0 amide bonds. The van der Waals surface area contributed by atoms with Gasteiger partial charge in [-0.15, -0.1) is 0 Å². The summed E-state index contributed by atoms with van der Waals surface area (Å²) in [5, 5.41) is 8.31. The van der Waals surface area contributed by atoms with Crippen LogP contribution in [0.3, 0.4) is 0 Å². The van der Waals surface area contributed by atoms with Crippen molar-refractivity contribution < 1.29 is 4.57 Å². The van der Waals surface area contributed by atoms with Gasteiger partial charge >= 0.3 is 0 Å². The molecule has 0 fully saturated rings. The molecule has 4 heteroatoms. The predicted molar refractivity (Wildman–Crippen MR) is 138 cm³/mol. The maximum absolute atomic E-state index is 14.6. The molecular weight excluding hydrogens is 423 g/mol. The maximum atomic E-state index is 14.6. The van der Waals surface area contributed by atoms with Crippen LogP contribution in [0, 0.1) is 0 Å². The van der Waals surface area contributed by atoms with Crippen LogP contribution >= 0.6 is 7.14 Å². The summed E-state index contributed by atoms with van der Waals surface area (Å²) in [4.78, 5) is 0. The molecule has 0 N–H and O–H groups in total.